The number of ether oxygens (including phenoxy) is 2. The predicted molar refractivity (Wildman–Crippen MR) is 106 cm³/mol. The van der Waals surface area contributed by atoms with E-state index in [-0.39, 0.29) is 5.54 Å². The lowest BCUT2D eigenvalue weighted by Crippen LogP contribution is -2.60. The Morgan fingerprint density at radius 2 is 1.74 bits per heavy atom. The lowest BCUT2D eigenvalue weighted by Gasteiger charge is -2.49. The molecule has 3 rings (SSSR count). The molecule has 2 saturated heterocycles. The highest BCUT2D eigenvalue weighted by molar-refractivity contribution is 5.76. The van der Waals surface area contributed by atoms with Gasteiger partial charge in [-0.25, -0.2) is 0 Å². The first-order chi connectivity index (χ1) is 13.0. The summed E-state index contributed by atoms with van der Waals surface area (Å²) >= 11 is 0. The highest BCUT2D eigenvalue weighted by Crippen LogP contribution is 2.33. The zero-order chi connectivity index (χ0) is 19.4. The Labute approximate surface area is 163 Å². The van der Waals surface area contributed by atoms with Crippen LogP contribution in [0.4, 0.5) is 0 Å². The average Bonchev–Trinajstić information content (AvgIpc) is 2.84. The number of likely N-dealkylation sites (N-methyl/N-ethyl adjacent to an activating group) is 1. The number of carbonyl (C=O) groups is 1. The third-order valence-corrected chi connectivity index (χ3v) is 6.28. The Morgan fingerprint density at radius 3 is 2.37 bits per heavy atom. The van der Waals surface area contributed by atoms with Crippen LogP contribution < -0.4 is 9.47 Å². The maximum Gasteiger partial charge on any atom is 0.222 e. The minimum atomic E-state index is 0.0841. The summed E-state index contributed by atoms with van der Waals surface area (Å²) < 4.78 is 10.8. The van der Waals surface area contributed by atoms with Crippen LogP contribution in [0.5, 0.6) is 11.5 Å². The second-order valence-electron chi connectivity index (χ2n) is 7.80. The van der Waals surface area contributed by atoms with Gasteiger partial charge in [0.05, 0.1) is 14.2 Å². The topological polar surface area (TPSA) is 45.3 Å². The van der Waals surface area contributed by atoms with Gasteiger partial charge in [0, 0.05) is 57.3 Å². The summed E-state index contributed by atoms with van der Waals surface area (Å²) in [6.45, 7) is 7.67. The van der Waals surface area contributed by atoms with E-state index >= 15 is 0 Å². The Morgan fingerprint density at radius 1 is 1.04 bits per heavy atom. The normalized spacial score (nSPS) is 24.9. The molecule has 0 aromatic heterocycles. The Kier molecular flexibility index (Phi) is 6.27. The minimum Gasteiger partial charge on any atom is -0.497 e. The second kappa shape index (κ2) is 8.48. The lowest BCUT2D eigenvalue weighted by atomic mass is 9.86. The third-order valence-electron chi connectivity index (χ3n) is 6.28. The van der Waals surface area contributed by atoms with E-state index in [1.807, 2.05) is 11.0 Å². The molecule has 27 heavy (non-hydrogen) atoms. The molecule has 6 heteroatoms. The maximum absolute atomic E-state index is 12.4. The third kappa shape index (κ3) is 4.38. The van der Waals surface area contributed by atoms with Gasteiger partial charge in [-0.3, -0.25) is 14.6 Å². The van der Waals surface area contributed by atoms with E-state index in [9.17, 15) is 4.79 Å². The van der Waals surface area contributed by atoms with Crippen molar-refractivity contribution in [3.05, 3.63) is 23.8 Å². The highest BCUT2D eigenvalue weighted by atomic mass is 16.5. The molecule has 1 spiro atoms. The molecular weight excluding hydrogens is 342 g/mol. The van der Waals surface area contributed by atoms with Crippen LogP contribution in [0.3, 0.4) is 0 Å². The quantitative estimate of drug-likeness (QED) is 0.790. The van der Waals surface area contributed by atoms with Gasteiger partial charge in [-0.2, -0.15) is 0 Å². The van der Waals surface area contributed by atoms with Gasteiger partial charge in [-0.1, -0.05) is 0 Å². The number of likely N-dealkylation sites (tertiary alicyclic amines) is 1. The number of nitrogens with zero attached hydrogens (tertiary/aromatic N) is 3. The zero-order valence-corrected chi connectivity index (χ0v) is 17.2. The van der Waals surface area contributed by atoms with Crippen LogP contribution in [0.2, 0.25) is 0 Å². The van der Waals surface area contributed by atoms with Crippen molar-refractivity contribution in [1.29, 1.82) is 0 Å². The van der Waals surface area contributed by atoms with Crippen LogP contribution in [0.1, 0.15) is 31.7 Å². The van der Waals surface area contributed by atoms with Crippen molar-refractivity contribution in [2.24, 2.45) is 0 Å². The molecule has 0 saturated carbocycles. The van der Waals surface area contributed by atoms with Crippen molar-refractivity contribution >= 4 is 5.91 Å². The van der Waals surface area contributed by atoms with Gasteiger partial charge in [0.15, 0.2) is 0 Å². The average molecular weight is 376 g/mol. The smallest absolute Gasteiger partial charge is 0.222 e. The SMILES string of the molecule is CCN1CCC2(CCC1=O)CN(Cc1cc(OC)cc(OC)c1)CCN2C. The molecule has 6 nitrogen and oxygen atoms in total. The van der Waals surface area contributed by atoms with E-state index in [0.29, 0.717) is 12.3 Å². The van der Waals surface area contributed by atoms with Crippen LogP contribution in [0, 0.1) is 0 Å². The van der Waals surface area contributed by atoms with E-state index in [2.05, 4.69) is 35.9 Å². The van der Waals surface area contributed by atoms with Crippen molar-refractivity contribution in [2.45, 2.75) is 38.3 Å². The van der Waals surface area contributed by atoms with Gasteiger partial charge in [-0.15, -0.1) is 0 Å². The fourth-order valence-electron chi connectivity index (χ4n) is 4.46. The molecule has 0 N–H and O–H groups in total. The molecule has 2 aliphatic rings. The summed E-state index contributed by atoms with van der Waals surface area (Å²) in [6.07, 6.45) is 2.64. The number of benzene rings is 1. The molecule has 150 valence electrons. The van der Waals surface area contributed by atoms with Gasteiger partial charge in [0.25, 0.3) is 0 Å². The van der Waals surface area contributed by atoms with E-state index in [0.717, 1.165) is 63.6 Å². The van der Waals surface area contributed by atoms with Gasteiger partial charge < -0.3 is 14.4 Å². The Hall–Kier alpha value is -1.79. The number of methoxy groups -OCH3 is 2. The van der Waals surface area contributed by atoms with Gasteiger partial charge in [0.1, 0.15) is 11.5 Å². The molecule has 1 atom stereocenters. The first-order valence-electron chi connectivity index (χ1n) is 9.93. The molecule has 2 heterocycles. The second-order valence-corrected chi connectivity index (χ2v) is 7.80. The molecular formula is C21H33N3O3. The molecule has 2 aliphatic heterocycles. The molecule has 0 radical (unpaired) electrons. The highest BCUT2D eigenvalue weighted by Gasteiger charge is 2.41. The van der Waals surface area contributed by atoms with Crippen LogP contribution >= 0.6 is 0 Å². The summed E-state index contributed by atoms with van der Waals surface area (Å²) in [5.41, 5.74) is 1.28. The summed E-state index contributed by atoms with van der Waals surface area (Å²) in [7, 11) is 5.59. The molecule has 0 aliphatic carbocycles. The fraction of sp³-hybridized carbons (Fsp3) is 0.667. The summed E-state index contributed by atoms with van der Waals surface area (Å²) in [6, 6.07) is 6.08. The molecule has 2 fully saturated rings. The van der Waals surface area contributed by atoms with Gasteiger partial charge in [0.2, 0.25) is 5.91 Å². The standard InChI is InChI=1S/C21H33N3O3/c1-5-24-9-8-21(7-6-20(24)25)16-23(11-10-22(21)2)15-17-12-18(26-3)14-19(13-17)27-4/h12-14H,5-11,15-16H2,1-4H3. The minimum absolute atomic E-state index is 0.0841. The summed E-state index contributed by atoms with van der Waals surface area (Å²) in [5.74, 6) is 1.95. The number of carbonyl (C=O) groups excluding carboxylic acids is 1. The van der Waals surface area contributed by atoms with E-state index in [4.69, 9.17) is 9.47 Å². The maximum atomic E-state index is 12.4. The number of hydrogen-bond donors (Lipinski definition) is 0. The van der Waals surface area contributed by atoms with E-state index in [1.54, 1.807) is 14.2 Å². The van der Waals surface area contributed by atoms with Crippen molar-refractivity contribution < 1.29 is 14.3 Å². The van der Waals surface area contributed by atoms with Crippen LogP contribution in [-0.4, -0.2) is 80.1 Å². The molecule has 1 aromatic carbocycles. The molecule has 1 aromatic rings. The summed E-state index contributed by atoms with van der Waals surface area (Å²) in [5, 5.41) is 0. The van der Waals surface area contributed by atoms with E-state index in [1.165, 1.54) is 5.56 Å². The number of hydrogen-bond acceptors (Lipinski definition) is 5. The first kappa shape index (κ1) is 20.0. The van der Waals surface area contributed by atoms with Crippen LogP contribution in [0.25, 0.3) is 0 Å². The lowest BCUT2D eigenvalue weighted by molar-refractivity contribution is -0.130. The van der Waals surface area contributed by atoms with Crippen molar-refractivity contribution in [3.63, 3.8) is 0 Å². The van der Waals surface area contributed by atoms with Crippen molar-refractivity contribution in [3.8, 4) is 11.5 Å². The van der Waals surface area contributed by atoms with E-state index < -0.39 is 0 Å². The van der Waals surface area contributed by atoms with Crippen molar-refractivity contribution in [2.75, 3.05) is 54.0 Å². The first-order valence-corrected chi connectivity index (χ1v) is 9.93. The zero-order valence-electron chi connectivity index (χ0n) is 17.2. The number of rotatable bonds is 5. The van der Waals surface area contributed by atoms with Gasteiger partial charge in [-0.05, 0) is 44.5 Å². The van der Waals surface area contributed by atoms with Gasteiger partial charge >= 0.3 is 0 Å². The number of amides is 1. The van der Waals surface area contributed by atoms with Crippen LogP contribution in [0.15, 0.2) is 18.2 Å². The fourth-order valence-corrected chi connectivity index (χ4v) is 4.46. The number of piperazine rings is 1. The molecule has 0 bridgehead atoms. The predicted octanol–water partition coefficient (Wildman–Crippen LogP) is 2.22. The monoisotopic (exact) mass is 375 g/mol. The molecule has 1 amide bonds. The summed E-state index contributed by atoms with van der Waals surface area (Å²) in [4.78, 5) is 19.4. The largest absolute Gasteiger partial charge is 0.497 e. The Balaban J connectivity index is 1.74. The molecule has 1 unspecified atom stereocenters. The Bertz CT molecular complexity index is 644. The van der Waals surface area contributed by atoms with Crippen molar-refractivity contribution in [1.82, 2.24) is 14.7 Å². The van der Waals surface area contributed by atoms with Crippen LogP contribution in [-0.2, 0) is 11.3 Å².